The van der Waals surface area contributed by atoms with Crippen molar-refractivity contribution in [1.82, 2.24) is 0 Å². The summed E-state index contributed by atoms with van der Waals surface area (Å²) in [7, 11) is 0. The number of halogens is 1. The van der Waals surface area contributed by atoms with Gasteiger partial charge in [-0.2, -0.15) is 0 Å². The van der Waals surface area contributed by atoms with Crippen LogP contribution in [0.1, 0.15) is 51.4 Å². The molecule has 12 heavy (non-hydrogen) atoms. The lowest BCUT2D eigenvalue weighted by atomic mass is 9.79. The van der Waals surface area contributed by atoms with E-state index in [0.717, 1.165) is 16.7 Å². The van der Waals surface area contributed by atoms with Gasteiger partial charge in [-0.3, -0.25) is 0 Å². The molecule has 2 unspecified atom stereocenters. The van der Waals surface area contributed by atoms with Gasteiger partial charge in [-0.1, -0.05) is 48.0 Å². The van der Waals surface area contributed by atoms with Gasteiger partial charge in [-0.15, -0.1) is 0 Å². The summed E-state index contributed by atoms with van der Waals surface area (Å²) in [5.74, 6) is 2.18. The normalized spacial score (nSPS) is 38.8. The zero-order valence-corrected chi connectivity index (χ0v) is 9.35. The van der Waals surface area contributed by atoms with Crippen molar-refractivity contribution in [2.45, 2.75) is 56.2 Å². The molecule has 2 rings (SSSR count). The van der Waals surface area contributed by atoms with Crippen molar-refractivity contribution in [2.24, 2.45) is 11.8 Å². The minimum atomic E-state index is 0.851. The van der Waals surface area contributed by atoms with Crippen molar-refractivity contribution >= 4 is 15.9 Å². The predicted octanol–water partition coefficient (Wildman–Crippen LogP) is 4.13. The maximum atomic E-state index is 3.75. The van der Waals surface area contributed by atoms with E-state index in [0.29, 0.717) is 0 Å². The van der Waals surface area contributed by atoms with E-state index in [9.17, 15) is 0 Å². The highest BCUT2D eigenvalue weighted by Crippen LogP contribution is 2.41. The van der Waals surface area contributed by atoms with Gasteiger partial charge < -0.3 is 0 Å². The van der Waals surface area contributed by atoms with Crippen LogP contribution < -0.4 is 0 Å². The van der Waals surface area contributed by atoms with E-state index in [1.165, 1.54) is 51.4 Å². The Bertz CT molecular complexity index is 135. The van der Waals surface area contributed by atoms with Gasteiger partial charge in [0.25, 0.3) is 0 Å². The van der Waals surface area contributed by atoms with Crippen molar-refractivity contribution in [3.63, 3.8) is 0 Å². The van der Waals surface area contributed by atoms with Crippen molar-refractivity contribution in [2.75, 3.05) is 0 Å². The van der Waals surface area contributed by atoms with Crippen LogP contribution in [0.2, 0.25) is 0 Å². The fourth-order valence-electron chi connectivity index (χ4n) is 2.99. The van der Waals surface area contributed by atoms with E-state index >= 15 is 0 Å². The van der Waals surface area contributed by atoms with Crippen molar-refractivity contribution in [3.05, 3.63) is 0 Å². The second-order valence-corrected chi connectivity index (χ2v) is 5.86. The summed E-state index contributed by atoms with van der Waals surface area (Å²) in [5.41, 5.74) is 0. The molecule has 2 aliphatic rings. The molecule has 2 fully saturated rings. The minimum absolute atomic E-state index is 0.851. The van der Waals surface area contributed by atoms with Crippen molar-refractivity contribution in [1.29, 1.82) is 0 Å². The molecule has 0 aromatic heterocycles. The highest BCUT2D eigenvalue weighted by Gasteiger charge is 2.29. The van der Waals surface area contributed by atoms with Crippen LogP contribution in [0.4, 0.5) is 0 Å². The van der Waals surface area contributed by atoms with Crippen LogP contribution in [0.25, 0.3) is 0 Å². The Hall–Kier alpha value is 0.480. The standard InChI is InChI=1S/C11H19Br/c12-11-7-6-10(8-11)9-4-2-1-3-5-9/h9-11H,1-8H2. The van der Waals surface area contributed by atoms with Crippen molar-refractivity contribution in [3.8, 4) is 0 Å². The number of rotatable bonds is 1. The Kier molecular flexibility index (Phi) is 3.11. The average Bonchev–Trinajstić information content (AvgIpc) is 2.54. The molecule has 70 valence electrons. The van der Waals surface area contributed by atoms with Crippen LogP contribution in [0, 0.1) is 11.8 Å². The van der Waals surface area contributed by atoms with Gasteiger partial charge in [0.2, 0.25) is 0 Å². The third kappa shape index (κ3) is 2.04. The lowest BCUT2D eigenvalue weighted by molar-refractivity contribution is 0.252. The third-order valence-electron chi connectivity index (χ3n) is 3.73. The molecule has 0 aromatic rings. The van der Waals surface area contributed by atoms with Crippen LogP contribution in [0.15, 0.2) is 0 Å². The number of hydrogen-bond donors (Lipinski definition) is 0. The minimum Gasteiger partial charge on any atom is -0.0891 e. The van der Waals surface area contributed by atoms with E-state index in [1.54, 1.807) is 0 Å². The first kappa shape index (κ1) is 9.05. The first-order valence-electron chi connectivity index (χ1n) is 5.50. The molecule has 0 spiro atoms. The molecule has 0 radical (unpaired) electrons. The van der Waals surface area contributed by atoms with Gasteiger partial charge in [0.1, 0.15) is 0 Å². The number of hydrogen-bond acceptors (Lipinski definition) is 0. The molecule has 2 atom stereocenters. The molecule has 1 heteroatoms. The molecule has 0 aromatic carbocycles. The molecule has 0 heterocycles. The monoisotopic (exact) mass is 230 g/mol. The molecule has 2 aliphatic carbocycles. The summed E-state index contributed by atoms with van der Waals surface area (Å²) < 4.78 is 0. The summed E-state index contributed by atoms with van der Waals surface area (Å²) in [4.78, 5) is 0.851. The first-order valence-corrected chi connectivity index (χ1v) is 6.42. The van der Waals surface area contributed by atoms with Gasteiger partial charge in [0.05, 0.1) is 0 Å². The zero-order valence-electron chi connectivity index (χ0n) is 7.77. The van der Waals surface area contributed by atoms with Gasteiger partial charge in [0.15, 0.2) is 0 Å². The summed E-state index contributed by atoms with van der Waals surface area (Å²) in [6.07, 6.45) is 12.0. The largest absolute Gasteiger partial charge is 0.0891 e. The van der Waals surface area contributed by atoms with Crippen LogP contribution in [0.5, 0.6) is 0 Å². The second kappa shape index (κ2) is 4.13. The van der Waals surface area contributed by atoms with Crippen LogP contribution in [0.3, 0.4) is 0 Å². The SMILES string of the molecule is BrC1CCC(C2CCCCC2)C1. The Balaban J connectivity index is 1.83. The Morgan fingerprint density at radius 1 is 0.750 bits per heavy atom. The molecule has 0 nitrogen and oxygen atoms in total. The molecular formula is C11H19Br. The Labute approximate surface area is 84.2 Å². The van der Waals surface area contributed by atoms with E-state index in [4.69, 9.17) is 0 Å². The topological polar surface area (TPSA) is 0 Å². The summed E-state index contributed by atoms with van der Waals surface area (Å²) in [6, 6.07) is 0. The number of alkyl halides is 1. The maximum absolute atomic E-state index is 3.75. The molecule has 0 saturated heterocycles. The summed E-state index contributed by atoms with van der Waals surface area (Å²) in [5, 5.41) is 0. The Morgan fingerprint density at radius 3 is 2.08 bits per heavy atom. The third-order valence-corrected chi connectivity index (χ3v) is 4.56. The molecule has 0 aliphatic heterocycles. The highest BCUT2D eigenvalue weighted by molar-refractivity contribution is 9.09. The summed E-state index contributed by atoms with van der Waals surface area (Å²) in [6.45, 7) is 0. The fraction of sp³-hybridized carbons (Fsp3) is 1.00. The fourth-order valence-corrected chi connectivity index (χ4v) is 3.74. The molecule has 0 bridgehead atoms. The first-order chi connectivity index (χ1) is 5.86. The lowest BCUT2D eigenvalue weighted by Gasteiger charge is -2.27. The van der Waals surface area contributed by atoms with E-state index in [1.807, 2.05) is 0 Å². The predicted molar refractivity (Wildman–Crippen MR) is 56.6 cm³/mol. The molecule has 0 N–H and O–H groups in total. The second-order valence-electron chi connectivity index (χ2n) is 4.57. The Morgan fingerprint density at radius 2 is 1.50 bits per heavy atom. The van der Waals surface area contributed by atoms with Gasteiger partial charge in [0, 0.05) is 4.83 Å². The summed E-state index contributed by atoms with van der Waals surface area (Å²) >= 11 is 3.75. The quantitative estimate of drug-likeness (QED) is 0.595. The van der Waals surface area contributed by atoms with Crippen LogP contribution in [-0.4, -0.2) is 4.83 Å². The van der Waals surface area contributed by atoms with E-state index < -0.39 is 0 Å². The van der Waals surface area contributed by atoms with E-state index in [2.05, 4.69) is 15.9 Å². The molecule has 2 saturated carbocycles. The lowest BCUT2D eigenvalue weighted by Crippen LogP contribution is -2.15. The highest BCUT2D eigenvalue weighted by atomic mass is 79.9. The van der Waals surface area contributed by atoms with Gasteiger partial charge >= 0.3 is 0 Å². The van der Waals surface area contributed by atoms with E-state index in [-0.39, 0.29) is 0 Å². The maximum Gasteiger partial charge on any atom is 0.0148 e. The van der Waals surface area contributed by atoms with Gasteiger partial charge in [-0.25, -0.2) is 0 Å². The average molecular weight is 231 g/mol. The molecular weight excluding hydrogens is 212 g/mol. The van der Waals surface area contributed by atoms with Crippen LogP contribution in [-0.2, 0) is 0 Å². The van der Waals surface area contributed by atoms with Crippen LogP contribution >= 0.6 is 15.9 Å². The zero-order chi connectivity index (χ0) is 8.39. The van der Waals surface area contributed by atoms with Gasteiger partial charge in [-0.05, 0) is 31.1 Å². The molecule has 0 amide bonds. The smallest absolute Gasteiger partial charge is 0.0148 e. The van der Waals surface area contributed by atoms with Crippen molar-refractivity contribution < 1.29 is 0 Å².